The topological polar surface area (TPSA) is 101 Å². The third-order valence-electron chi connectivity index (χ3n) is 6.31. The van der Waals surface area contributed by atoms with Crippen LogP contribution in [0, 0.1) is 5.82 Å². The lowest BCUT2D eigenvalue weighted by molar-refractivity contribution is 0.0953. The van der Waals surface area contributed by atoms with Gasteiger partial charge in [-0.1, -0.05) is 42.5 Å². The number of carbonyl (C=O) groups is 2. The number of phenolic OH excluding ortho intramolecular Hbond substituents is 1. The second-order valence-electron chi connectivity index (χ2n) is 9.21. The Kier molecular flexibility index (Phi) is 8.06. The maximum absolute atomic E-state index is 13.4. The molecule has 1 aromatic heterocycles. The van der Waals surface area contributed by atoms with Crippen molar-refractivity contribution >= 4 is 28.5 Å². The van der Waals surface area contributed by atoms with Gasteiger partial charge in [0.2, 0.25) is 0 Å². The Hall–Kier alpha value is -5.11. The summed E-state index contributed by atoms with van der Waals surface area (Å²) in [5.41, 5.74) is 3.07. The minimum absolute atomic E-state index is 0.149. The third-order valence-corrected chi connectivity index (χ3v) is 6.31. The summed E-state index contributed by atoms with van der Waals surface area (Å²) < 4.78 is 25.1. The summed E-state index contributed by atoms with van der Waals surface area (Å²) in [4.78, 5) is 25.9. The summed E-state index contributed by atoms with van der Waals surface area (Å²) in [5.74, 6) is -0.451. The lowest BCUT2D eigenvalue weighted by Crippen LogP contribution is -2.26. The number of halogens is 1. The summed E-state index contributed by atoms with van der Waals surface area (Å²) in [6.07, 6.45) is 1.02. The summed E-state index contributed by atoms with van der Waals surface area (Å²) in [6.45, 7) is 0.590. The van der Waals surface area contributed by atoms with Crippen molar-refractivity contribution in [3.05, 3.63) is 125 Å². The molecule has 202 valence electrons. The van der Waals surface area contributed by atoms with Crippen molar-refractivity contribution in [3.8, 4) is 11.5 Å². The molecule has 0 aliphatic carbocycles. The molecule has 5 rings (SSSR count). The minimum atomic E-state index is -0.452. The molecule has 0 atom stereocenters. The number of benzene rings is 4. The highest BCUT2D eigenvalue weighted by Gasteiger charge is 2.17. The lowest BCUT2D eigenvalue weighted by atomic mass is 10.1. The van der Waals surface area contributed by atoms with E-state index < -0.39 is 5.91 Å². The second kappa shape index (κ2) is 12.2. The number of carbonyl (C=O) groups excluding carboxylic acids is 2. The van der Waals surface area contributed by atoms with Crippen LogP contribution in [0.25, 0.3) is 11.0 Å². The quantitative estimate of drug-likeness (QED) is 0.199. The van der Waals surface area contributed by atoms with Gasteiger partial charge in [0.05, 0.1) is 12.3 Å². The van der Waals surface area contributed by atoms with E-state index >= 15 is 0 Å². The zero-order valence-corrected chi connectivity index (χ0v) is 21.5. The molecule has 1 heterocycles. The van der Waals surface area contributed by atoms with Gasteiger partial charge in [-0.05, 0) is 72.1 Å². The number of hydrogen-bond acceptors (Lipinski definition) is 5. The van der Waals surface area contributed by atoms with Crippen molar-refractivity contribution < 1.29 is 28.2 Å². The Morgan fingerprint density at radius 1 is 0.825 bits per heavy atom. The zero-order valence-electron chi connectivity index (χ0n) is 21.5. The van der Waals surface area contributed by atoms with E-state index in [2.05, 4.69) is 10.6 Å². The van der Waals surface area contributed by atoms with Gasteiger partial charge in [-0.15, -0.1) is 0 Å². The monoisotopic (exact) mass is 538 g/mol. The van der Waals surface area contributed by atoms with Crippen LogP contribution in [0.15, 0.2) is 101 Å². The van der Waals surface area contributed by atoms with Gasteiger partial charge in [-0.25, -0.2) is 4.39 Å². The third kappa shape index (κ3) is 6.66. The number of rotatable bonds is 10. The van der Waals surface area contributed by atoms with Crippen LogP contribution < -0.4 is 15.4 Å². The summed E-state index contributed by atoms with van der Waals surface area (Å²) in [7, 11) is 0. The Balaban J connectivity index is 1.30. The Morgan fingerprint density at radius 3 is 2.45 bits per heavy atom. The SMILES string of the molecule is O=C(NCCc1cccc(F)c1)c1ccc(NC(=O)c2cc3ccccc3o2)c(OCCc2ccc(O)cc2)c1. The van der Waals surface area contributed by atoms with Crippen LogP contribution in [0.4, 0.5) is 10.1 Å². The molecule has 0 bridgehead atoms. The van der Waals surface area contributed by atoms with Crippen LogP contribution in [0.2, 0.25) is 0 Å². The van der Waals surface area contributed by atoms with E-state index in [0.29, 0.717) is 42.0 Å². The molecule has 0 fully saturated rings. The van der Waals surface area contributed by atoms with E-state index in [1.807, 2.05) is 18.2 Å². The average molecular weight is 539 g/mol. The number of nitrogens with one attached hydrogen (secondary N) is 2. The lowest BCUT2D eigenvalue weighted by Gasteiger charge is -2.14. The molecular formula is C32H27FN2O5. The molecule has 0 aliphatic rings. The van der Waals surface area contributed by atoms with Crippen molar-refractivity contribution in [2.24, 2.45) is 0 Å². The molecule has 2 amide bonds. The number of anilines is 1. The van der Waals surface area contributed by atoms with Crippen LogP contribution in [0.5, 0.6) is 11.5 Å². The van der Waals surface area contributed by atoms with Gasteiger partial charge >= 0.3 is 0 Å². The smallest absolute Gasteiger partial charge is 0.291 e. The fourth-order valence-electron chi connectivity index (χ4n) is 4.22. The first-order chi connectivity index (χ1) is 19.4. The maximum atomic E-state index is 13.4. The highest BCUT2D eigenvalue weighted by atomic mass is 19.1. The molecule has 8 heteroatoms. The van der Waals surface area contributed by atoms with E-state index in [1.54, 1.807) is 66.7 Å². The van der Waals surface area contributed by atoms with Crippen LogP contribution in [0.1, 0.15) is 32.0 Å². The molecule has 40 heavy (non-hydrogen) atoms. The van der Waals surface area contributed by atoms with Crippen LogP contribution in [0.3, 0.4) is 0 Å². The predicted molar refractivity (Wildman–Crippen MR) is 150 cm³/mol. The molecule has 0 aliphatic heterocycles. The Bertz CT molecular complexity index is 1610. The highest BCUT2D eigenvalue weighted by Crippen LogP contribution is 2.28. The zero-order chi connectivity index (χ0) is 27.9. The Labute approximate surface area is 230 Å². The van der Waals surface area contributed by atoms with Crippen LogP contribution in [-0.4, -0.2) is 30.1 Å². The van der Waals surface area contributed by atoms with Gasteiger partial charge in [0, 0.05) is 23.9 Å². The van der Waals surface area contributed by atoms with Gasteiger partial charge in [-0.2, -0.15) is 0 Å². The molecule has 5 aromatic rings. The molecule has 0 unspecified atom stereocenters. The van der Waals surface area contributed by atoms with Gasteiger partial charge in [0.25, 0.3) is 11.8 Å². The van der Waals surface area contributed by atoms with E-state index in [9.17, 15) is 19.1 Å². The summed E-state index contributed by atoms with van der Waals surface area (Å²) in [6, 6.07) is 26.8. The standard InChI is InChI=1S/C32H27FN2O5/c33-25-6-3-4-22(18-25)14-16-34-31(37)24-10-13-27(29(20-24)39-17-15-21-8-11-26(36)12-9-21)35-32(38)30-19-23-5-1-2-7-28(23)40-30/h1-13,18-20,36H,14-17H2,(H,34,37)(H,35,38). The number of phenols is 1. The fourth-order valence-corrected chi connectivity index (χ4v) is 4.22. The molecule has 0 spiro atoms. The van der Waals surface area contributed by atoms with Gasteiger partial charge in [-0.3, -0.25) is 9.59 Å². The van der Waals surface area contributed by atoms with Gasteiger partial charge < -0.3 is 24.9 Å². The molecule has 0 radical (unpaired) electrons. The van der Waals surface area contributed by atoms with Crippen molar-refractivity contribution in [2.75, 3.05) is 18.5 Å². The number of fused-ring (bicyclic) bond motifs is 1. The van der Waals surface area contributed by atoms with Crippen molar-refractivity contribution in [3.63, 3.8) is 0 Å². The molecule has 4 aromatic carbocycles. The Morgan fingerprint density at radius 2 is 1.65 bits per heavy atom. The van der Waals surface area contributed by atoms with E-state index in [-0.39, 0.29) is 29.8 Å². The summed E-state index contributed by atoms with van der Waals surface area (Å²) >= 11 is 0. The highest BCUT2D eigenvalue weighted by molar-refractivity contribution is 6.05. The summed E-state index contributed by atoms with van der Waals surface area (Å²) in [5, 5.41) is 16.0. The maximum Gasteiger partial charge on any atom is 0.291 e. The van der Waals surface area contributed by atoms with E-state index in [1.165, 1.54) is 12.1 Å². The number of ether oxygens (including phenoxy) is 1. The molecule has 0 saturated heterocycles. The van der Waals surface area contributed by atoms with Crippen LogP contribution >= 0.6 is 0 Å². The number of furan rings is 1. The van der Waals surface area contributed by atoms with Gasteiger partial charge in [0.15, 0.2) is 5.76 Å². The average Bonchev–Trinajstić information content (AvgIpc) is 3.40. The number of para-hydroxylation sites is 1. The van der Waals surface area contributed by atoms with Crippen molar-refractivity contribution in [1.29, 1.82) is 0 Å². The van der Waals surface area contributed by atoms with Crippen LogP contribution in [-0.2, 0) is 12.8 Å². The van der Waals surface area contributed by atoms with Gasteiger partial charge in [0.1, 0.15) is 22.9 Å². The number of aromatic hydroxyl groups is 1. The van der Waals surface area contributed by atoms with Crippen molar-refractivity contribution in [2.45, 2.75) is 12.8 Å². The largest absolute Gasteiger partial charge is 0.508 e. The fraction of sp³-hybridized carbons (Fsp3) is 0.125. The van der Waals surface area contributed by atoms with Crippen molar-refractivity contribution in [1.82, 2.24) is 5.32 Å². The first-order valence-corrected chi connectivity index (χ1v) is 12.8. The molecule has 0 saturated carbocycles. The second-order valence-corrected chi connectivity index (χ2v) is 9.21. The van der Waals surface area contributed by atoms with E-state index in [0.717, 1.165) is 16.5 Å². The molecule has 3 N–H and O–H groups in total. The predicted octanol–water partition coefficient (Wildman–Crippen LogP) is 6.12. The van der Waals surface area contributed by atoms with E-state index in [4.69, 9.17) is 9.15 Å². The number of hydrogen-bond donors (Lipinski definition) is 3. The first-order valence-electron chi connectivity index (χ1n) is 12.8. The minimum Gasteiger partial charge on any atom is -0.508 e. The molecular weight excluding hydrogens is 511 g/mol. The molecule has 7 nitrogen and oxygen atoms in total. The number of amides is 2. The normalized spacial score (nSPS) is 10.8. The first kappa shape index (κ1) is 26.5.